The second-order valence-corrected chi connectivity index (χ2v) is 8.63. The topological polar surface area (TPSA) is 64.9 Å². The van der Waals surface area contributed by atoms with Gasteiger partial charge in [-0.25, -0.2) is 4.98 Å². The molecule has 0 unspecified atom stereocenters. The third-order valence-electron chi connectivity index (χ3n) is 6.23. The first kappa shape index (κ1) is 22.3. The van der Waals surface area contributed by atoms with E-state index in [-0.39, 0.29) is 6.61 Å². The number of nitrogens with one attached hydrogen (secondary N) is 1. The molecule has 0 amide bonds. The molecule has 1 N–H and O–H groups in total. The zero-order chi connectivity index (χ0) is 25.0. The van der Waals surface area contributed by atoms with Crippen LogP contribution in [0, 0.1) is 12.3 Å². The molecule has 6 heteroatoms. The first-order valence-electron chi connectivity index (χ1n) is 12.0. The van der Waals surface area contributed by atoms with E-state index in [0.29, 0.717) is 12.2 Å². The zero-order valence-corrected chi connectivity index (χ0v) is 20.0. The van der Waals surface area contributed by atoms with E-state index in [1.807, 2.05) is 73.1 Å². The van der Waals surface area contributed by atoms with Crippen molar-refractivity contribution in [2.75, 3.05) is 11.9 Å². The van der Waals surface area contributed by atoms with E-state index in [9.17, 15) is 0 Å². The molecule has 6 nitrogen and oxygen atoms in total. The van der Waals surface area contributed by atoms with Crippen molar-refractivity contribution in [3.05, 3.63) is 115 Å². The molecule has 178 valence electrons. The van der Waals surface area contributed by atoms with Crippen LogP contribution in [0.25, 0.3) is 27.5 Å². The zero-order valence-electron chi connectivity index (χ0n) is 20.0. The van der Waals surface area contributed by atoms with Crippen LogP contribution in [0.3, 0.4) is 0 Å². The van der Waals surface area contributed by atoms with Crippen molar-refractivity contribution in [2.45, 2.75) is 6.42 Å². The molecule has 37 heavy (non-hydrogen) atoms. The van der Waals surface area contributed by atoms with Crippen LogP contribution in [-0.4, -0.2) is 26.4 Å². The van der Waals surface area contributed by atoms with Crippen LogP contribution < -0.4 is 10.1 Å². The van der Waals surface area contributed by atoms with Crippen LogP contribution in [0.1, 0.15) is 11.3 Å². The van der Waals surface area contributed by atoms with E-state index in [2.05, 4.69) is 61.3 Å². The Kier molecular flexibility index (Phi) is 5.94. The normalized spacial score (nSPS) is 10.9. The molecule has 0 saturated carbocycles. The summed E-state index contributed by atoms with van der Waals surface area (Å²) in [6, 6.07) is 32.4. The average molecular weight is 482 g/mol. The Morgan fingerprint density at radius 3 is 2.43 bits per heavy atom. The first-order valence-corrected chi connectivity index (χ1v) is 12.0. The number of para-hydroxylation sites is 1. The van der Waals surface area contributed by atoms with Gasteiger partial charge in [-0.15, -0.1) is 11.5 Å². The molecular weight excluding hydrogens is 458 g/mol. The number of aromatic nitrogens is 4. The van der Waals surface area contributed by atoms with Crippen molar-refractivity contribution in [3.8, 4) is 23.8 Å². The van der Waals surface area contributed by atoms with Crippen molar-refractivity contribution in [2.24, 2.45) is 0 Å². The lowest BCUT2D eigenvalue weighted by Gasteiger charge is -2.12. The standard InChI is InChI=1S/C31H23N5O/c1-2-18-37-25-15-12-22(13-16-25)19-28-26-10-6-7-11-27(26)31(35-34-28)33-23-14-17-30-29(20-23)32-21-36(30)24-8-4-3-5-9-24/h1,3-17,20-21H,18-19H2,(H,33,35). The van der Waals surface area contributed by atoms with Crippen LogP contribution in [-0.2, 0) is 6.42 Å². The lowest BCUT2D eigenvalue weighted by atomic mass is 10.0. The maximum atomic E-state index is 5.48. The summed E-state index contributed by atoms with van der Waals surface area (Å²) >= 11 is 0. The highest BCUT2D eigenvalue weighted by Gasteiger charge is 2.12. The van der Waals surface area contributed by atoms with Gasteiger partial charge in [-0.3, -0.25) is 4.57 Å². The third kappa shape index (κ3) is 4.58. The molecule has 0 atom stereocenters. The smallest absolute Gasteiger partial charge is 0.160 e. The minimum atomic E-state index is 0.256. The highest BCUT2D eigenvalue weighted by Crippen LogP contribution is 2.29. The van der Waals surface area contributed by atoms with Gasteiger partial charge in [0.25, 0.3) is 0 Å². The fourth-order valence-corrected chi connectivity index (χ4v) is 4.43. The largest absolute Gasteiger partial charge is 0.481 e. The van der Waals surface area contributed by atoms with E-state index in [1.54, 1.807) is 0 Å². The number of terminal acetylenes is 1. The number of hydrogen-bond acceptors (Lipinski definition) is 5. The number of nitrogens with zero attached hydrogens (tertiary/aromatic N) is 4. The van der Waals surface area contributed by atoms with E-state index in [0.717, 1.165) is 50.2 Å². The molecule has 6 aromatic rings. The lowest BCUT2D eigenvalue weighted by molar-refractivity contribution is 0.370. The lowest BCUT2D eigenvalue weighted by Crippen LogP contribution is -2.02. The number of anilines is 2. The van der Waals surface area contributed by atoms with Crippen LogP contribution in [0.5, 0.6) is 5.75 Å². The quantitative estimate of drug-likeness (QED) is 0.271. The number of benzene rings is 4. The molecule has 6 rings (SSSR count). The predicted octanol–water partition coefficient (Wildman–Crippen LogP) is 6.32. The number of imidazole rings is 1. The molecule has 0 fully saturated rings. The molecule has 2 heterocycles. The molecule has 4 aromatic carbocycles. The van der Waals surface area contributed by atoms with Gasteiger partial charge < -0.3 is 10.1 Å². The molecule has 0 aliphatic carbocycles. The summed E-state index contributed by atoms with van der Waals surface area (Å²) in [5.74, 6) is 3.94. The second kappa shape index (κ2) is 9.84. The number of hydrogen-bond donors (Lipinski definition) is 1. The summed E-state index contributed by atoms with van der Waals surface area (Å²) in [5.41, 5.74) is 5.95. The predicted molar refractivity (Wildman–Crippen MR) is 147 cm³/mol. The van der Waals surface area contributed by atoms with Crippen LogP contribution in [0.15, 0.2) is 103 Å². The minimum Gasteiger partial charge on any atom is -0.481 e. The van der Waals surface area contributed by atoms with Gasteiger partial charge in [0, 0.05) is 28.6 Å². The molecule has 0 saturated heterocycles. The molecule has 0 bridgehead atoms. The fraction of sp³-hybridized carbons (Fsp3) is 0.0645. The van der Waals surface area contributed by atoms with Crippen LogP contribution in [0.4, 0.5) is 11.5 Å². The highest BCUT2D eigenvalue weighted by atomic mass is 16.5. The summed E-state index contributed by atoms with van der Waals surface area (Å²) in [6.45, 7) is 0.256. The molecule has 0 spiro atoms. The summed E-state index contributed by atoms with van der Waals surface area (Å²) < 4.78 is 7.56. The summed E-state index contributed by atoms with van der Waals surface area (Å²) in [6.07, 6.45) is 7.78. The Balaban J connectivity index is 1.27. The number of fused-ring (bicyclic) bond motifs is 2. The van der Waals surface area contributed by atoms with Gasteiger partial charge in [0.15, 0.2) is 5.82 Å². The Hall–Kier alpha value is -5.15. The summed E-state index contributed by atoms with van der Waals surface area (Å²) in [5, 5.41) is 14.7. The van der Waals surface area contributed by atoms with Gasteiger partial charge in [-0.2, -0.15) is 5.10 Å². The second-order valence-electron chi connectivity index (χ2n) is 8.63. The van der Waals surface area contributed by atoms with E-state index in [4.69, 9.17) is 11.2 Å². The monoisotopic (exact) mass is 481 g/mol. The van der Waals surface area contributed by atoms with Gasteiger partial charge in [-0.05, 0) is 48.0 Å². The maximum absolute atomic E-state index is 5.48. The third-order valence-corrected chi connectivity index (χ3v) is 6.23. The van der Waals surface area contributed by atoms with Gasteiger partial charge in [-0.1, -0.05) is 60.5 Å². The highest BCUT2D eigenvalue weighted by molar-refractivity contribution is 5.95. The van der Waals surface area contributed by atoms with Crippen molar-refractivity contribution in [3.63, 3.8) is 0 Å². The van der Waals surface area contributed by atoms with E-state index in [1.165, 1.54) is 0 Å². The van der Waals surface area contributed by atoms with Crippen LogP contribution >= 0.6 is 0 Å². The average Bonchev–Trinajstić information content (AvgIpc) is 3.38. The first-order chi connectivity index (χ1) is 18.3. The van der Waals surface area contributed by atoms with Gasteiger partial charge >= 0.3 is 0 Å². The number of rotatable bonds is 7. The molecular formula is C31H23N5O. The van der Waals surface area contributed by atoms with Crippen molar-refractivity contribution < 1.29 is 4.74 Å². The molecule has 0 aliphatic heterocycles. The van der Waals surface area contributed by atoms with Crippen LogP contribution in [0.2, 0.25) is 0 Å². The van der Waals surface area contributed by atoms with Gasteiger partial charge in [0.05, 0.1) is 16.7 Å². The molecule has 0 aliphatic rings. The SMILES string of the molecule is C#CCOc1ccc(Cc2nnc(Nc3ccc4c(c3)ncn4-c3ccccc3)c3ccccc23)cc1. The minimum absolute atomic E-state index is 0.256. The Bertz CT molecular complexity index is 1730. The van der Waals surface area contributed by atoms with Gasteiger partial charge in [0.2, 0.25) is 0 Å². The Morgan fingerprint density at radius 1 is 0.838 bits per heavy atom. The fourth-order valence-electron chi connectivity index (χ4n) is 4.43. The summed E-state index contributed by atoms with van der Waals surface area (Å²) in [4.78, 5) is 4.61. The summed E-state index contributed by atoms with van der Waals surface area (Å²) in [7, 11) is 0. The van der Waals surface area contributed by atoms with Crippen molar-refractivity contribution in [1.29, 1.82) is 0 Å². The molecule has 2 aromatic heterocycles. The number of ether oxygens (including phenoxy) is 1. The van der Waals surface area contributed by atoms with Crippen molar-refractivity contribution >= 4 is 33.3 Å². The van der Waals surface area contributed by atoms with E-state index >= 15 is 0 Å². The Morgan fingerprint density at radius 2 is 1.62 bits per heavy atom. The van der Waals surface area contributed by atoms with Crippen molar-refractivity contribution in [1.82, 2.24) is 19.7 Å². The molecule has 0 radical (unpaired) electrons. The van der Waals surface area contributed by atoms with Gasteiger partial charge in [0.1, 0.15) is 18.7 Å². The Labute approximate surface area is 214 Å². The van der Waals surface area contributed by atoms with E-state index < -0.39 is 0 Å². The maximum Gasteiger partial charge on any atom is 0.160 e.